The molecule has 1 aliphatic heterocycles. The molecule has 1 amide bonds. The van der Waals surface area contributed by atoms with Gasteiger partial charge >= 0.3 is 0 Å². The predicted molar refractivity (Wildman–Crippen MR) is 94.8 cm³/mol. The SMILES string of the molecule is CCOc1c(C)cc2c(c1C)C(=O)N(c1ccccc1O)C(=C=O)N2. The summed E-state index contributed by atoms with van der Waals surface area (Å²) in [6, 6.07) is 8.10. The standard InChI is InChI=1S/C19H18N2O4/c1-4-25-18-11(2)9-13-17(12(18)3)19(24)21(16(10-22)20-13)14-7-5-6-8-15(14)23/h5-9,20,23H,4H2,1-3H3. The number of ether oxygens (including phenoxy) is 1. The van der Waals surface area contributed by atoms with Crippen LogP contribution < -0.4 is 15.0 Å². The Morgan fingerprint density at radius 3 is 2.64 bits per heavy atom. The number of hydrogen-bond acceptors (Lipinski definition) is 5. The third-order valence-corrected chi connectivity index (χ3v) is 4.11. The molecule has 6 heteroatoms. The van der Waals surface area contributed by atoms with Crippen molar-refractivity contribution in [3.63, 3.8) is 0 Å². The highest BCUT2D eigenvalue weighted by Gasteiger charge is 2.34. The lowest BCUT2D eigenvalue weighted by Gasteiger charge is -2.32. The van der Waals surface area contributed by atoms with E-state index in [0.717, 1.165) is 10.5 Å². The molecule has 3 rings (SSSR count). The van der Waals surface area contributed by atoms with E-state index in [0.29, 0.717) is 29.2 Å². The smallest absolute Gasteiger partial charge is 0.267 e. The van der Waals surface area contributed by atoms with Gasteiger partial charge in [0.2, 0.25) is 5.82 Å². The van der Waals surface area contributed by atoms with Crippen LogP contribution in [0.3, 0.4) is 0 Å². The van der Waals surface area contributed by atoms with Crippen molar-refractivity contribution in [3.05, 3.63) is 52.8 Å². The van der Waals surface area contributed by atoms with Gasteiger partial charge in [-0.05, 0) is 44.5 Å². The van der Waals surface area contributed by atoms with E-state index in [1.807, 2.05) is 13.8 Å². The number of nitrogens with one attached hydrogen (secondary N) is 1. The second kappa shape index (κ2) is 6.34. The van der Waals surface area contributed by atoms with Crippen LogP contribution in [0.2, 0.25) is 0 Å². The number of carbonyl (C=O) groups excluding carboxylic acids is 2. The van der Waals surface area contributed by atoms with Crippen LogP contribution in [-0.4, -0.2) is 23.6 Å². The van der Waals surface area contributed by atoms with Gasteiger partial charge in [0, 0.05) is 5.56 Å². The zero-order chi connectivity index (χ0) is 18.1. The third-order valence-electron chi connectivity index (χ3n) is 4.11. The zero-order valence-corrected chi connectivity index (χ0v) is 14.2. The molecule has 0 fully saturated rings. The van der Waals surface area contributed by atoms with Crippen LogP contribution in [0.5, 0.6) is 11.5 Å². The Kier molecular flexibility index (Phi) is 4.21. The number of nitrogens with zero attached hydrogens (tertiary/aromatic N) is 1. The van der Waals surface area contributed by atoms with E-state index in [2.05, 4.69) is 5.32 Å². The molecule has 2 N–H and O–H groups in total. The zero-order valence-electron chi connectivity index (χ0n) is 14.2. The number of aromatic hydroxyl groups is 1. The van der Waals surface area contributed by atoms with Gasteiger partial charge in [-0.15, -0.1) is 0 Å². The number of fused-ring (bicyclic) bond motifs is 1. The average molecular weight is 338 g/mol. The summed E-state index contributed by atoms with van der Waals surface area (Å²) in [4.78, 5) is 25.7. The first-order chi connectivity index (χ1) is 12.0. The summed E-state index contributed by atoms with van der Waals surface area (Å²) in [5.74, 6) is 1.79. The van der Waals surface area contributed by atoms with E-state index < -0.39 is 5.91 Å². The molecule has 0 aliphatic carbocycles. The van der Waals surface area contributed by atoms with Gasteiger partial charge in [0.15, 0.2) is 5.94 Å². The maximum atomic E-state index is 13.1. The van der Waals surface area contributed by atoms with Gasteiger partial charge in [0.25, 0.3) is 5.91 Å². The number of aryl methyl sites for hydroxylation is 1. The summed E-state index contributed by atoms with van der Waals surface area (Å²) in [5.41, 5.74) is 2.67. The molecule has 1 heterocycles. The Morgan fingerprint density at radius 1 is 1.28 bits per heavy atom. The molecule has 0 spiro atoms. The Balaban J connectivity index is 2.22. The highest BCUT2D eigenvalue weighted by atomic mass is 16.5. The molecule has 0 unspecified atom stereocenters. The van der Waals surface area contributed by atoms with Gasteiger partial charge in [-0.2, -0.15) is 0 Å². The summed E-state index contributed by atoms with van der Waals surface area (Å²) in [6.07, 6.45) is 0. The quantitative estimate of drug-likeness (QED) is 0.841. The number of benzene rings is 2. The Bertz CT molecular complexity index is 914. The predicted octanol–water partition coefficient (Wildman–Crippen LogP) is 3.15. The summed E-state index contributed by atoms with van der Waals surface area (Å²) in [7, 11) is 0. The largest absolute Gasteiger partial charge is 0.506 e. The van der Waals surface area contributed by atoms with E-state index in [-0.39, 0.29) is 17.3 Å². The minimum absolute atomic E-state index is 0.0676. The number of amides is 1. The fraction of sp³-hybridized carbons (Fsp3) is 0.211. The van der Waals surface area contributed by atoms with Crippen LogP contribution >= 0.6 is 0 Å². The van der Waals surface area contributed by atoms with Gasteiger partial charge in [-0.25, -0.2) is 9.69 Å². The molecule has 128 valence electrons. The van der Waals surface area contributed by atoms with E-state index in [1.54, 1.807) is 37.1 Å². The van der Waals surface area contributed by atoms with Crippen molar-refractivity contribution in [1.82, 2.24) is 0 Å². The van der Waals surface area contributed by atoms with Crippen molar-refractivity contribution in [1.29, 1.82) is 0 Å². The van der Waals surface area contributed by atoms with Crippen molar-refractivity contribution < 1.29 is 19.4 Å². The minimum Gasteiger partial charge on any atom is -0.506 e. The van der Waals surface area contributed by atoms with Gasteiger partial charge < -0.3 is 15.2 Å². The first-order valence-electron chi connectivity index (χ1n) is 7.91. The number of anilines is 2. The normalized spacial score (nSPS) is 13.2. The molecule has 6 nitrogen and oxygen atoms in total. The molecule has 0 saturated carbocycles. The third kappa shape index (κ3) is 2.62. The molecule has 0 radical (unpaired) electrons. The van der Waals surface area contributed by atoms with Gasteiger partial charge in [-0.1, -0.05) is 12.1 Å². The second-order valence-corrected chi connectivity index (χ2v) is 5.71. The summed E-state index contributed by atoms with van der Waals surface area (Å²) >= 11 is 0. The first kappa shape index (κ1) is 16.6. The lowest BCUT2D eigenvalue weighted by Crippen LogP contribution is -2.39. The van der Waals surface area contributed by atoms with Crippen molar-refractivity contribution in [2.24, 2.45) is 0 Å². The number of phenols is 1. The Morgan fingerprint density at radius 2 is 2.00 bits per heavy atom. The first-order valence-corrected chi connectivity index (χ1v) is 7.91. The number of para-hydroxylation sites is 2. The monoisotopic (exact) mass is 338 g/mol. The summed E-state index contributed by atoms with van der Waals surface area (Å²) in [6.45, 7) is 6.03. The molecule has 0 saturated heterocycles. The molecule has 0 bridgehead atoms. The number of rotatable bonds is 3. The fourth-order valence-electron chi connectivity index (χ4n) is 3.06. The minimum atomic E-state index is -0.424. The number of phenolic OH excluding ortho intramolecular Hbond substituents is 1. The maximum absolute atomic E-state index is 13.1. The topological polar surface area (TPSA) is 78.9 Å². The molecule has 0 aromatic heterocycles. The van der Waals surface area contributed by atoms with Gasteiger partial charge in [0.05, 0.1) is 23.5 Å². The van der Waals surface area contributed by atoms with Crippen LogP contribution in [0.25, 0.3) is 0 Å². The molecule has 2 aromatic rings. The van der Waals surface area contributed by atoms with Crippen LogP contribution in [0, 0.1) is 13.8 Å². The maximum Gasteiger partial charge on any atom is 0.267 e. The highest BCUT2D eigenvalue weighted by Crippen LogP contribution is 2.40. The van der Waals surface area contributed by atoms with Crippen LogP contribution in [0.15, 0.2) is 36.2 Å². The van der Waals surface area contributed by atoms with E-state index in [9.17, 15) is 14.7 Å². The average Bonchev–Trinajstić information content (AvgIpc) is 2.59. The Hall–Kier alpha value is -3.24. The molecular formula is C19H18N2O4. The molecular weight excluding hydrogens is 320 g/mol. The van der Waals surface area contributed by atoms with Crippen molar-refractivity contribution in [2.75, 3.05) is 16.8 Å². The van der Waals surface area contributed by atoms with Crippen LogP contribution in [0.4, 0.5) is 11.4 Å². The fourth-order valence-corrected chi connectivity index (χ4v) is 3.06. The highest BCUT2D eigenvalue weighted by molar-refractivity contribution is 6.17. The number of carbonyl (C=O) groups is 1. The second-order valence-electron chi connectivity index (χ2n) is 5.71. The summed E-state index contributed by atoms with van der Waals surface area (Å²) in [5, 5.41) is 13.0. The molecule has 0 atom stereocenters. The van der Waals surface area contributed by atoms with Crippen LogP contribution in [-0.2, 0) is 4.79 Å². The van der Waals surface area contributed by atoms with Crippen molar-refractivity contribution in [2.45, 2.75) is 20.8 Å². The molecule has 2 aromatic carbocycles. The summed E-state index contributed by atoms with van der Waals surface area (Å²) < 4.78 is 5.67. The van der Waals surface area contributed by atoms with E-state index in [1.165, 1.54) is 6.07 Å². The lowest BCUT2D eigenvalue weighted by atomic mass is 9.98. The molecule has 25 heavy (non-hydrogen) atoms. The van der Waals surface area contributed by atoms with Crippen LogP contribution in [0.1, 0.15) is 28.4 Å². The van der Waals surface area contributed by atoms with Crippen molar-refractivity contribution >= 4 is 23.2 Å². The van der Waals surface area contributed by atoms with E-state index >= 15 is 0 Å². The number of hydrogen-bond donors (Lipinski definition) is 2. The Labute approximate surface area is 145 Å². The van der Waals surface area contributed by atoms with Gasteiger partial charge in [-0.3, -0.25) is 4.79 Å². The lowest BCUT2D eigenvalue weighted by molar-refractivity contribution is 0.0991. The van der Waals surface area contributed by atoms with Crippen molar-refractivity contribution in [3.8, 4) is 11.5 Å². The van der Waals surface area contributed by atoms with Gasteiger partial charge in [0.1, 0.15) is 11.5 Å². The van der Waals surface area contributed by atoms with E-state index in [4.69, 9.17) is 4.74 Å². The molecule has 1 aliphatic rings.